The van der Waals surface area contributed by atoms with Crippen molar-refractivity contribution >= 4 is 11.6 Å². The van der Waals surface area contributed by atoms with Gasteiger partial charge in [0.15, 0.2) is 0 Å². The first-order valence-electron chi connectivity index (χ1n) is 9.90. The Morgan fingerprint density at radius 3 is 3.04 bits per heavy atom. The molecule has 0 radical (unpaired) electrons. The number of benzene rings is 1. The van der Waals surface area contributed by atoms with Crippen molar-refractivity contribution in [3.63, 3.8) is 0 Å². The topological polar surface area (TPSA) is 50.4 Å². The Bertz CT molecular complexity index is 555. The highest BCUT2D eigenvalue weighted by atomic mass is 16.5. The van der Waals surface area contributed by atoms with Gasteiger partial charge in [-0.15, -0.1) is 0 Å². The van der Waals surface area contributed by atoms with E-state index in [4.69, 9.17) is 4.74 Å². The van der Waals surface area contributed by atoms with Gasteiger partial charge in [0.25, 0.3) is 0 Å². The fraction of sp³-hybridized carbons (Fsp3) is 0.667. The van der Waals surface area contributed by atoms with E-state index in [0.29, 0.717) is 25.0 Å². The van der Waals surface area contributed by atoms with Crippen LogP contribution >= 0.6 is 0 Å². The molecule has 4 heteroatoms. The minimum absolute atomic E-state index is 0.117. The zero-order valence-corrected chi connectivity index (χ0v) is 15.4. The van der Waals surface area contributed by atoms with Crippen molar-refractivity contribution in [3.05, 3.63) is 29.8 Å². The predicted octanol–water partition coefficient (Wildman–Crippen LogP) is 4.11. The maximum Gasteiger partial charge on any atom is 0.224 e. The molecule has 2 fully saturated rings. The van der Waals surface area contributed by atoms with Gasteiger partial charge in [-0.05, 0) is 68.3 Å². The number of carbonyl (C=O) groups is 1. The maximum atomic E-state index is 12.2. The third kappa shape index (κ3) is 6.12. The van der Waals surface area contributed by atoms with Crippen LogP contribution in [0.1, 0.15) is 57.4 Å². The first kappa shape index (κ1) is 18.4. The molecule has 25 heavy (non-hydrogen) atoms. The molecule has 1 saturated heterocycles. The molecule has 1 heterocycles. The van der Waals surface area contributed by atoms with E-state index in [1.165, 1.54) is 32.1 Å². The smallest absolute Gasteiger partial charge is 0.224 e. The van der Waals surface area contributed by atoms with Crippen molar-refractivity contribution in [1.82, 2.24) is 5.32 Å². The van der Waals surface area contributed by atoms with Gasteiger partial charge in [0, 0.05) is 12.1 Å². The molecule has 2 aliphatic rings. The Balaban J connectivity index is 1.43. The number of rotatable bonds is 7. The molecule has 3 atom stereocenters. The second kappa shape index (κ2) is 9.35. The molecule has 1 aromatic carbocycles. The molecule has 1 saturated carbocycles. The van der Waals surface area contributed by atoms with E-state index in [0.717, 1.165) is 36.7 Å². The molecule has 1 aromatic rings. The number of amides is 1. The average molecular weight is 344 g/mol. The zero-order chi connectivity index (χ0) is 17.5. The third-order valence-electron chi connectivity index (χ3n) is 5.53. The number of anilines is 1. The highest BCUT2D eigenvalue weighted by Gasteiger charge is 2.19. The first-order valence-corrected chi connectivity index (χ1v) is 9.90. The van der Waals surface area contributed by atoms with Crippen LogP contribution in [-0.2, 0) is 16.1 Å². The molecule has 1 amide bonds. The molecule has 0 bridgehead atoms. The van der Waals surface area contributed by atoms with E-state index in [1.807, 2.05) is 18.2 Å². The molecule has 0 aromatic heterocycles. The van der Waals surface area contributed by atoms with Gasteiger partial charge < -0.3 is 15.4 Å². The number of hydrogen-bond acceptors (Lipinski definition) is 3. The molecular formula is C21H32N2O2. The number of carbonyl (C=O) groups excluding carboxylic acids is 1. The van der Waals surface area contributed by atoms with Crippen LogP contribution < -0.4 is 10.6 Å². The minimum atomic E-state index is 0.117. The summed E-state index contributed by atoms with van der Waals surface area (Å²) in [6.07, 6.45) is 8.12. The fourth-order valence-electron chi connectivity index (χ4n) is 4.00. The molecule has 3 rings (SSSR count). The summed E-state index contributed by atoms with van der Waals surface area (Å²) < 4.78 is 6.09. The van der Waals surface area contributed by atoms with E-state index in [-0.39, 0.29) is 5.91 Å². The lowest BCUT2D eigenvalue weighted by Gasteiger charge is -2.26. The van der Waals surface area contributed by atoms with Crippen LogP contribution in [0.3, 0.4) is 0 Å². The minimum Gasteiger partial charge on any atom is -0.374 e. The number of ether oxygens (including phenoxy) is 1. The lowest BCUT2D eigenvalue weighted by molar-refractivity contribution is -0.116. The zero-order valence-electron chi connectivity index (χ0n) is 15.4. The molecule has 2 N–H and O–H groups in total. The van der Waals surface area contributed by atoms with Gasteiger partial charge >= 0.3 is 0 Å². The standard InChI is InChI=1S/C21H32N2O2/c1-16-4-2-7-20(12-16)25-15-18-5-3-6-19(13-18)23-21(24)9-8-17-10-11-22-14-17/h3,5-6,13,16-17,20,22H,2,4,7-12,14-15H2,1H3,(H,23,24). The summed E-state index contributed by atoms with van der Waals surface area (Å²) in [4.78, 5) is 12.2. The fourth-order valence-corrected chi connectivity index (χ4v) is 4.00. The lowest BCUT2D eigenvalue weighted by Crippen LogP contribution is -2.21. The van der Waals surface area contributed by atoms with Gasteiger partial charge in [-0.1, -0.05) is 31.9 Å². The van der Waals surface area contributed by atoms with Crippen LogP contribution in [0.5, 0.6) is 0 Å². The number of hydrogen-bond donors (Lipinski definition) is 2. The molecule has 4 nitrogen and oxygen atoms in total. The second-order valence-corrected chi connectivity index (χ2v) is 7.85. The van der Waals surface area contributed by atoms with Crippen molar-refractivity contribution in [2.45, 2.75) is 64.6 Å². The quantitative estimate of drug-likeness (QED) is 0.782. The Hall–Kier alpha value is -1.39. The van der Waals surface area contributed by atoms with Crippen LogP contribution in [0.4, 0.5) is 5.69 Å². The van der Waals surface area contributed by atoms with Gasteiger partial charge in [-0.25, -0.2) is 0 Å². The molecular weight excluding hydrogens is 312 g/mol. The molecule has 138 valence electrons. The first-order chi connectivity index (χ1) is 12.2. The monoisotopic (exact) mass is 344 g/mol. The SMILES string of the molecule is CC1CCCC(OCc2cccc(NC(=O)CCC3CCNC3)c2)C1. The van der Waals surface area contributed by atoms with E-state index in [1.54, 1.807) is 0 Å². The molecule has 0 spiro atoms. The molecule has 1 aliphatic carbocycles. The summed E-state index contributed by atoms with van der Waals surface area (Å²) in [5.41, 5.74) is 2.02. The summed E-state index contributed by atoms with van der Waals surface area (Å²) in [7, 11) is 0. The van der Waals surface area contributed by atoms with Crippen molar-refractivity contribution in [2.24, 2.45) is 11.8 Å². The normalized spacial score (nSPS) is 26.5. The van der Waals surface area contributed by atoms with Gasteiger partial charge in [0.1, 0.15) is 0 Å². The highest BCUT2D eigenvalue weighted by Crippen LogP contribution is 2.26. The van der Waals surface area contributed by atoms with Crippen LogP contribution in [0.15, 0.2) is 24.3 Å². The molecule has 3 unspecified atom stereocenters. The van der Waals surface area contributed by atoms with Gasteiger partial charge in [-0.3, -0.25) is 4.79 Å². The summed E-state index contributed by atoms with van der Waals surface area (Å²) in [5, 5.41) is 6.39. The van der Waals surface area contributed by atoms with Gasteiger partial charge in [0.2, 0.25) is 5.91 Å². The van der Waals surface area contributed by atoms with Crippen molar-refractivity contribution < 1.29 is 9.53 Å². The van der Waals surface area contributed by atoms with E-state index in [2.05, 4.69) is 23.6 Å². The Labute approximate surface area is 151 Å². The maximum absolute atomic E-state index is 12.2. The Morgan fingerprint density at radius 2 is 2.24 bits per heavy atom. The van der Waals surface area contributed by atoms with Crippen LogP contribution in [0.25, 0.3) is 0 Å². The average Bonchev–Trinajstić information content (AvgIpc) is 3.12. The summed E-state index contributed by atoms with van der Waals surface area (Å²) >= 11 is 0. The van der Waals surface area contributed by atoms with Gasteiger partial charge in [0.05, 0.1) is 12.7 Å². The van der Waals surface area contributed by atoms with E-state index in [9.17, 15) is 4.79 Å². The third-order valence-corrected chi connectivity index (χ3v) is 5.53. The van der Waals surface area contributed by atoms with E-state index >= 15 is 0 Å². The van der Waals surface area contributed by atoms with E-state index < -0.39 is 0 Å². The summed E-state index contributed by atoms with van der Waals surface area (Å²) in [6.45, 7) is 5.09. The van der Waals surface area contributed by atoms with Crippen LogP contribution in [-0.4, -0.2) is 25.1 Å². The Kier molecular flexibility index (Phi) is 6.88. The summed E-state index contributed by atoms with van der Waals surface area (Å²) in [5.74, 6) is 1.55. The van der Waals surface area contributed by atoms with Crippen molar-refractivity contribution in [1.29, 1.82) is 0 Å². The Morgan fingerprint density at radius 1 is 1.32 bits per heavy atom. The van der Waals surface area contributed by atoms with Gasteiger partial charge in [-0.2, -0.15) is 0 Å². The predicted molar refractivity (Wildman–Crippen MR) is 101 cm³/mol. The van der Waals surface area contributed by atoms with Crippen molar-refractivity contribution in [2.75, 3.05) is 18.4 Å². The van der Waals surface area contributed by atoms with Crippen LogP contribution in [0, 0.1) is 11.8 Å². The summed E-state index contributed by atoms with van der Waals surface area (Å²) in [6, 6.07) is 8.08. The number of nitrogens with one attached hydrogen (secondary N) is 2. The largest absolute Gasteiger partial charge is 0.374 e. The van der Waals surface area contributed by atoms with Crippen molar-refractivity contribution in [3.8, 4) is 0 Å². The molecule has 1 aliphatic heterocycles. The highest BCUT2D eigenvalue weighted by molar-refractivity contribution is 5.90. The van der Waals surface area contributed by atoms with Crippen LogP contribution in [0.2, 0.25) is 0 Å². The second-order valence-electron chi connectivity index (χ2n) is 7.85. The lowest BCUT2D eigenvalue weighted by atomic mass is 9.89.